The van der Waals surface area contributed by atoms with Crippen molar-refractivity contribution in [2.45, 2.75) is 101 Å². The second kappa shape index (κ2) is 6.81. The van der Waals surface area contributed by atoms with Crippen LogP contribution < -0.4 is 10.6 Å². The van der Waals surface area contributed by atoms with Gasteiger partial charge >= 0.3 is 0 Å². The van der Waals surface area contributed by atoms with E-state index in [-0.39, 0.29) is 29.8 Å². The topological polar surface area (TPSA) is 87.7 Å². The molecule has 0 aromatic carbocycles. The Labute approximate surface area is 178 Å². The molecule has 4 fully saturated rings. The molecule has 5 atom stereocenters. The fraction of sp³-hybridized carbons (Fsp3) is 0.783. The Hall–Kier alpha value is -1.89. The van der Waals surface area contributed by atoms with Crippen LogP contribution in [0.15, 0.2) is 12.2 Å². The number of hydrogen-bond acceptors (Lipinski definition) is 4. The number of ether oxygens (including phenoxy) is 1. The molecule has 5 unspecified atom stereocenters. The zero-order valence-electron chi connectivity index (χ0n) is 18.1. The molecule has 2 saturated heterocycles. The van der Waals surface area contributed by atoms with Crippen molar-refractivity contribution >= 4 is 17.7 Å². The lowest BCUT2D eigenvalue weighted by molar-refractivity contribution is -0.143. The van der Waals surface area contributed by atoms with Gasteiger partial charge in [0.05, 0.1) is 17.9 Å². The molecule has 164 valence electrons. The predicted molar refractivity (Wildman–Crippen MR) is 110 cm³/mol. The standard InChI is InChI=1S/C23H33N3O4/c1-22(2,3)25-20(28)18-23-12-11-15(30-23)16(17(23)21(29)26(18)14-9-10-14)19(27)24-13-7-5-4-6-8-13/h11-18H,4-10H2,1-3H3,(H,24,27)(H,25,28). The number of nitrogens with one attached hydrogen (secondary N) is 2. The minimum Gasteiger partial charge on any atom is -0.359 e. The van der Waals surface area contributed by atoms with Gasteiger partial charge in [-0.15, -0.1) is 0 Å². The first-order chi connectivity index (χ1) is 14.2. The summed E-state index contributed by atoms with van der Waals surface area (Å²) in [6.07, 6.45) is 10.6. The lowest BCUT2D eigenvalue weighted by atomic mass is 9.74. The van der Waals surface area contributed by atoms with Crippen molar-refractivity contribution < 1.29 is 19.1 Å². The Bertz CT molecular complexity index is 793. The highest BCUT2D eigenvalue weighted by atomic mass is 16.5. The van der Waals surface area contributed by atoms with Crippen molar-refractivity contribution in [2.75, 3.05) is 0 Å². The van der Waals surface area contributed by atoms with Crippen LogP contribution in [0.5, 0.6) is 0 Å². The van der Waals surface area contributed by atoms with Crippen molar-refractivity contribution in [1.82, 2.24) is 15.5 Å². The number of amides is 3. The Morgan fingerprint density at radius 2 is 1.80 bits per heavy atom. The van der Waals surface area contributed by atoms with E-state index in [1.165, 1.54) is 6.42 Å². The van der Waals surface area contributed by atoms with Gasteiger partial charge in [-0.3, -0.25) is 14.4 Å². The number of hydrogen-bond donors (Lipinski definition) is 2. The number of fused-ring (bicyclic) bond motifs is 1. The van der Waals surface area contributed by atoms with Gasteiger partial charge in [-0.05, 0) is 46.5 Å². The van der Waals surface area contributed by atoms with Crippen LogP contribution >= 0.6 is 0 Å². The largest absolute Gasteiger partial charge is 0.359 e. The molecule has 2 saturated carbocycles. The van der Waals surface area contributed by atoms with Gasteiger partial charge in [-0.25, -0.2) is 0 Å². The normalized spacial score (nSPS) is 38.1. The monoisotopic (exact) mass is 415 g/mol. The number of carbonyl (C=O) groups is 3. The quantitative estimate of drug-likeness (QED) is 0.684. The summed E-state index contributed by atoms with van der Waals surface area (Å²) in [5.74, 6) is -1.55. The Morgan fingerprint density at radius 3 is 2.43 bits per heavy atom. The van der Waals surface area contributed by atoms with Gasteiger partial charge in [0, 0.05) is 17.6 Å². The van der Waals surface area contributed by atoms with Crippen LogP contribution in [0.25, 0.3) is 0 Å². The molecule has 0 radical (unpaired) electrons. The van der Waals surface area contributed by atoms with E-state index in [2.05, 4.69) is 10.6 Å². The van der Waals surface area contributed by atoms with Crippen molar-refractivity contribution in [3.8, 4) is 0 Å². The summed E-state index contributed by atoms with van der Waals surface area (Å²) in [4.78, 5) is 42.0. The maximum absolute atomic E-state index is 13.6. The molecule has 2 N–H and O–H groups in total. The Morgan fingerprint density at radius 1 is 1.10 bits per heavy atom. The minimum atomic E-state index is -1.03. The van der Waals surface area contributed by atoms with Crippen LogP contribution in [-0.4, -0.2) is 58.0 Å². The molecule has 1 spiro atoms. The Balaban J connectivity index is 1.44. The molecule has 7 nitrogen and oxygen atoms in total. The van der Waals surface area contributed by atoms with E-state index in [1.807, 2.05) is 32.9 Å². The van der Waals surface area contributed by atoms with Crippen LogP contribution in [0.1, 0.15) is 65.7 Å². The molecule has 3 heterocycles. The summed E-state index contributed by atoms with van der Waals surface area (Å²) in [5.41, 5.74) is -1.45. The van der Waals surface area contributed by atoms with Gasteiger partial charge in [0.1, 0.15) is 11.6 Å². The number of rotatable bonds is 4. The van der Waals surface area contributed by atoms with E-state index < -0.39 is 35.1 Å². The molecule has 2 bridgehead atoms. The summed E-state index contributed by atoms with van der Waals surface area (Å²) < 4.78 is 6.34. The SMILES string of the molecule is CC(C)(C)NC(=O)C1N(C2CC2)C(=O)C2C(C(=O)NC3CCCCC3)C3C=CC21O3. The summed E-state index contributed by atoms with van der Waals surface area (Å²) in [6, 6.07) is -0.455. The van der Waals surface area contributed by atoms with Gasteiger partial charge in [0.2, 0.25) is 17.7 Å². The number of carbonyl (C=O) groups excluding carboxylic acids is 3. The molecule has 30 heavy (non-hydrogen) atoms. The maximum Gasteiger partial charge on any atom is 0.246 e. The second-order valence-electron chi connectivity index (χ2n) is 10.8. The van der Waals surface area contributed by atoms with E-state index in [4.69, 9.17) is 4.74 Å². The lowest BCUT2D eigenvalue weighted by Gasteiger charge is -2.34. The molecule has 5 aliphatic rings. The van der Waals surface area contributed by atoms with E-state index in [0.29, 0.717) is 0 Å². The highest BCUT2D eigenvalue weighted by molar-refractivity contribution is 6.00. The zero-order chi connectivity index (χ0) is 21.3. The molecule has 3 amide bonds. The van der Waals surface area contributed by atoms with Crippen molar-refractivity contribution in [1.29, 1.82) is 0 Å². The van der Waals surface area contributed by atoms with Crippen LogP contribution in [0.2, 0.25) is 0 Å². The van der Waals surface area contributed by atoms with E-state index in [0.717, 1.165) is 38.5 Å². The third-order valence-corrected chi connectivity index (χ3v) is 7.25. The van der Waals surface area contributed by atoms with Gasteiger partial charge < -0.3 is 20.3 Å². The maximum atomic E-state index is 13.6. The highest BCUT2D eigenvalue weighted by Crippen LogP contribution is 2.57. The fourth-order valence-electron chi connectivity index (χ4n) is 5.93. The molecular weight excluding hydrogens is 382 g/mol. The first kappa shape index (κ1) is 20.0. The van der Waals surface area contributed by atoms with E-state index in [9.17, 15) is 14.4 Å². The summed E-state index contributed by atoms with van der Waals surface area (Å²) >= 11 is 0. The van der Waals surface area contributed by atoms with Gasteiger partial charge in [-0.2, -0.15) is 0 Å². The summed E-state index contributed by atoms with van der Waals surface area (Å²) in [6.45, 7) is 5.80. The van der Waals surface area contributed by atoms with Crippen LogP contribution in [0, 0.1) is 11.8 Å². The van der Waals surface area contributed by atoms with Crippen LogP contribution in [-0.2, 0) is 19.1 Å². The molecule has 7 heteroatoms. The molecule has 5 rings (SSSR count). The highest BCUT2D eigenvalue weighted by Gasteiger charge is 2.74. The smallest absolute Gasteiger partial charge is 0.246 e. The first-order valence-electron chi connectivity index (χ1n) is 11.5. The van der Waals surface area contributed by atoms with Gasteiger partial charge in [0.15, 0.2) is 0 Å². The fourth-order valence-corrected chi connectivity index (χ4v) is 5.93. The first-order valence-corrected chi connectivity index (χ1v) is 11.5. The third kappa shape index (κ3) is 3.08. The number of likely N-dealkylation sites (tertiary alicyclic amines) is 1. The number of nitrogens with zero attached hydrogens (tertiary/aromatic N) is 1. The third-order valence-electron chi connectivity index (χ3n) is 7.25. The second-order valence-corrected chi connectivity index (χ2v) is 10.8. The summed E-state index contributed by atoms with van der Waals surface area (Å²) in [5, 5.41) is 6.24. The van der Waals surface area contributed by atoms with Gasteiger partial charge in [-0.1, -0.05) is 31.4 Å². The van der Waals surface area contributed by atoms with Gasteiger partial charge in [0.25, 0.3) is 0 Å². The van der Waals surface area contributed by atoms with E-state index in [1.54, 1.807) is 4.90 Å². The average molecular weight is 416 g/mol. The van der Waals surface area contributed by atoms with Crippen molar-refractivity contribution in [3.05, 3.63) is 12.2 Å². The van der Waals surface area contributed by atoms with Crippen LogP contribution in [0.3, 0.4) is 0 Å². The zero-order valence-corrected chi connectivity index (χ0v) is 18.1. The molecule has 3 aliphatic heterocycles. The van der Waals surface area contributed by atoms with Crippen molar-refractivity contribution in [2.24, 2.45) is 11.8 Å². The van der Waals surface area contributed by atoms with E-state index >= 15 is 0 Å². The molecular formula is C23H33N3O4. The molecule has 0 aromatic heterocycles. The minimum absolute atomic E-state index is 0.0753. The average Bonchev–Trinajstić information content (AvgIpc) is 3.26. The molecule has 2 aliphatic carbocycles. The molecule has 0 aromatic rings. The van der Waals surface area contributed by atoms with Crippen molar-refractivity contribution in [3.63, 3.8) is 0 Å². The lowest BCUT2D eigenvalue weighted by Crippen LogP contribution is -2.58. The predicted octanol–water partition coefficient (Wildman–Crippen LogP) is 1.66. The van der Waals surface area contributed by atoms with Crippen LogP contribution in [0.4, 0.5) is 0 Å². The summed E-state index contributed by atoms with van der Waals surface area (Å²) in [7, 11) is 0. The Kier molecular flexibility index (Phi) is 4.55.